The summed E-state index contributed by atoms with van der Waals surface area (Å²) < 4.78 is 4.87. The molecule has 20 heavy (non-hydrogen) atoms. The maximum absolute atomic E-state index is 11.7. The van der Waals surface area contributed by atoms with Gasteiger partial charge in [-0.2, -0.15) is 0 Å². The molecule has 1 fully saturated rings. The first-order valence-corrected chi connectivity index (χ1v) is 7.89. The lowest BCUT2D eigenvalue weighted by molar-refractivity contribution is -0.118. The highest BCUT2D eigenvalue weighted by molar-refractivity contribution is 8.00. The summed E-state index contributed by atoms with van der Waals surface area (Å²) in [5.74, 6) is -0.219. The van der Waals surface area contributed by atoms with Crippen molar-refractivity contribution in [3.63, 3.8) is 0 Å². The number of ether oxygens (including phenoxy) is 1. The Kier molecular flexibility index (Phi) is 5.88. The van der Waals surface area contributed by atoms with Crippen molar-refractivity contribution in [2.45, 2.75) is 41.9 Å². The van der Waals surface area contributed by atoms with Crippen molar-refractivity contribution in [3.05, 3.63) is 24.3 Å². The van der Waals surface area contributed by atoms with E-state index >= 15 is 0 Å². The molecule has 1 aliphatic carbocycles. The molecule has 1 aromatic rings. The van der Waals surface area contributed by atoms with E-state index in [0.717, 1.165) is 10.9 Å². The summed E-state index contributed by atoms with van der Waals surface area (Å²) in [5, 5.41) is 3.55. The first-order valence-electron chi connectivity index (χ1n) is 7.01. The number of thioether (sulfide) groups is 1. The molecule has 0 heterocycles. The quantitative estimate of drug-likeness (QED) is 0.846. The highest BCUT2D eigenvalue weighted by Crippen LogP contribution is 2.34. The van der Waals surface area contributed by atoms with Gasteiger partial charge in [0.15, 0.2) is 0 Å². The van der Waals surface area contributed by atoms with Gasteiger partial charge in [0.1, 0.15) is 6.04 Å². The summed E-state index contributed by atoms with van der Waals surface area (Å²) in [7, 11) is 1.53. The summed E-state index contributed by atoms with van der Waals surface area (Å²) in [6.07, 6.45) is 5.33. The van der Waals surface area contributed by atoms with Gasteiger partial charge in [-0.1, -0.05) is 12.8 Å². The fourth-order valence-corrected chi connectivity index (χ4v) is 3.55. The van der Waals surface area contributed by atoms with Gasteiger partial charge in [0.05, 0.1) is 6.61 Å². The number of anilines is 1. The van der Waals surface area contributed by atoms with E-state index in [9.17, 15) is 4.79 Å². The number of nitrogens with two attached hydrogens (primary N) is 1. The van der Waals surface area contributed by atoms with Crippen LogP contribution in [0.1, 0.15) is 25.7 Å². The molecule has 1 aromatic carbocycles. The van der Waals surface area contributed by atoms with E-state index in [0.29, 0.717) is 0 Å². The predicted molar refractivity (Wildman–Crippen MR) is 83.0 cm³/mol. The number of amides is 1. The molecule has 1 unspecified atom stereocenters. The van der Waals surface area contributed by atoms with E-state index in [1.54, 1.807) is 0 Å². The van der Waals surface area contributed by atoms with Gasteiger partial charge in [-0.3, -0.25) is 4.79 Å². The molecule has 0 bridgehead atoms. The van der Waals surface area contributed by atoms with Crippen LogP contribution in [-0.2, 0) is 9.53 Å². The molecule has 1 aliphatic rings. The van der Waals surface area contributed by atoms with Crippen LogP contribution >= 0.6 is 11.8 Å². The number of nitrogens with one attached hydrogen (secondary N) is 1. The average molecular weight is 294 g/mol. The van der Waals surface area contributed by atoms with E-state index in [-0.39, 0.29) is 12.5 Å². The van der Waals surface area contributed by atoms with Crippen LogP contribution in [-0.4, -0.2) is 30.9 Å². The minimum atomic E-state index is -0.632. The predicted octanol–water partition coefficient (Wildman–Crippen LogP) is 2.63. The Morgan fingerprint density at radius 2 is 2.05 bits per heavy atom. The van der Waals surface area contributed by atoms with Gasteiger partial charge >= 0.3 is 0 Å². The zero-order valence-corrected chi connectivity index (χ0v) is 12.6. The molecule has 5 heteroatoms. The van der Waals surface area contributed by atoms with Crippen LogP contribution in [0, 0.1) is 0 Å². The molecule has 1 atom stereocenters. The molecule has 3 N–H and O–H groups in total. The fourth-order valence-electron chi connectivity index (χ4n) is 2.31. The smallest absolute Gasteiger partial charge is 0.243 e. The lowest BCUT2D eigenvalue weighted by Crippen LogP contribution is -2.39. The van der Waals surface area contributed by atoms with E-state index in [2.05, 4.69) is 17.4 Å². The number of carbonyl (C=O) groups excluding carboxylic acids is 1. The van der Waals surface area contributed by atoms with Crippen molar-refractivity contribution in [3.8, 4) is 0 Å². The highest BCUT2D eigenvalue weighted by Gasteiger charge is 2.16. The number of hydrogen-bond donors (Lipinski definition) is 2. The van der Waals surface area contributed by atoms with Crippen LogP contribution in [0.4, 0.5) is 5.69 Å². The maximum Gasteiger partial charge on any atom is 0.243 e. The third kappa shape index (κ3) is 4.51. The summed E-state index contributed by atoms with van der Waals surface area (Å²) in [6, 6.07) is 7.33. The Balaban J connectivity index is 1.86. The second kappa shape index (κ2) is 7.67. The number of rotatable bonds is 6. The van der Waals surface area contributed by atoms with Crippen LogP contribution in [0.3, 0.4) is 0 Å². The van der Waals surface area contributed by atoms with Gasteiger partial charge in [0.2, 0.25) is 5.91 Å². The normalized spacial score (nSPS) is 17.1. The fraction of sp³-hybridized carbons (Fsp3) is 0.533. The van der Waals surface area contributed by atoms with Crippen LogP contribution in [0.25, 0.3) is 0 Å². The van der Waals surface area contributed by atoms with Crippen LogP contribution in [0.2, 0.25) is 0 Å². The van der Waals surface area contributed by atoms with Crippen LogP contribution in [0.5, 0.6) is 0 Å². The first kappa shape index (κ1) is 15.4. The monoisotopic (exact) mass is 294 g/mol. The number of benzene rings is 1. The molecular formula is C15H22N2O2S. The van der Waals surface area contributed by atoms with E-state index in [1.807, 2.05) is 23.9 Å². The molecule has 0 aliphatic heterocycles. The van der Waals surface area contributed by atoms with Crippen molar-refractivity contribution in [1.29, 1.82) is 0 Å². The second-order valence-electron chi connectivity index (χ2n) is 5.10. The van der Waals surface area contributed by atoms with Crippen molar-refractivity contribution in [1.82, 2.24) is 0 Å². The van der Waals surface area contributed by atoms with Crippen molar-refractivity contribution in [2.24, 2.45) is 5.73 Å². The SMILES string of the molecule is COCC(N)C(=O)Nc1ccc(SC2CCCC2)cc1. The molecule has 4 nitrogen and oxygen atoms in total. The van der Waals surface area contributed by atoms with E-state index in [4.69, 9.17) is 10.5 Å². The van der Waals surface area contributed by atoms with Gasteiger partial charge in [-0.25, -0.2) is 0 Å². The van der Waals surface area contributed by atoms with Gasteiger partial charge in [0.25, 0.3) is 0 Å². The second-order valence-corrected chi connectivity index (χ2v) is 6.47. The standard InChI is InChI=1S/C15H22N2O2S/c1-19-10-14(16)15(18)17-11-6-8-13(9-7-11)20-12-4-2-3-5-12/h6-9,12,14H,2-5,10,16H2,1H3,(H,17,18). The molecule has 2 rings (SSSR count). The van der Waals surface area contributed by atoms with Gasteiger partial charge in [-0.15, -0.1) is 11.8 Å². The number of carbonyl (C=O) groups is 1. The lowest BCUT2D eigenvalue weighted by Gasteiger charge is -2.12. The molecule has 0 aromatic heterocycles. The van der Waals surface area contributed by atoms with E-state index in [1.165, 1.54) is 37.7 Å². The Labute approximate surface area is 124 Å². The third-order valence-electron chi connectivity index (χ3n) is 3.41. The molecule has 0 saturated heterocycles. The minimum Gasteiger partial charge on any atom is -0.383 e. The topological polar surface area (TPSA) is 64.3 Å². The van der Waals surface area contributed by atoms with Gasteiger partial charge in [0, 0.05) is 22.9 Å². The zero-order valence-electron chi connectivity index (χ0n) is 11.8. The summed E-state index contributed by atoms with van der Waals surface area (Å²) in [4.78, 5) is 13.0. The Bertz CT molecular complexity index is 430. The Morgan fingerprint density at radius 1 is 1.40 bits per heavy atom. The van der Waals surface area contributed by atoms with Gasteiger partial charge in [-0.05, 0) is 37.1 Å². The molecule has 110 valence electrons. The molecule has 1 amide bonds. The minimum absolute atomic E-state index is 0.219. The molecule has 1 saturated carbocycles. The van der Waals surface area contributed by atoms with Gasteiger partial charge < -0.3 is 15.8 Å². The third-order valence-corrected chi connectivity index (χ3v) is 4.76. The largest absolute Gasteiger partial charge is 0.383 e. The summed E-state index contributed by atoms with van der Waals surface area (Å²) in [6.45, 7) is 0.224. The van der Waals surface area contributed by atoms with E-state index < -0.39 is 6.04 Å². The van der Waals surface area contributed by atoms with Crippen molar-refractivity contribution >= 4 is 23.4 Å². The molecule has 0 spiro atoms. The summed E-state index contributed by atoms with van der Waals surface area (Å²) in [5.41, 5.74) is 6.45. The van der Waals surface area contributed by atoms with Crippen LogP contribution < -0.4 is 11.1 Å². The molecule has 0 radical (unpaired) electrons. The highest BCUT2D eigenvalue weighted by atomic mass is 32.2. The Morgan fingerprint density at radius 3 is 2.65 bits per heavy atom. The lowest BCUT2D eigenvalue weighted by atomic mass is 10.2. The summed E-state index contributed by atoms with van der Waals surface area (Å²) >= 11 is 1.94. The zero-order chi connectivity index (χ0) is 14.4. The van der Waals surface area contributed by atoms with Crippen molar-refractivity contribution in [2.75, 3.05) is 19.0 Å². The first-order chi connectivity index (χ1) is 9.69. The number of hydrogen-bond acceptors (Lipinski definition) is 4. The maximum atomic E-state index is 11.7. The molecular weight excluding hydrogens is 272 g/mol. The van der Waals surface area contributed by atoms with Crippen molar-refractivity contribution < 1.29 is 9.53 Å². The number of methoxy groups -OCH3 is 1. The average Bonchev–Trinajstić information content (AvgIpc) is 2.94. The Hall–Kier alpha value is -1.04. The van der Waals surface area contributed by atoms with Crippen LogP contribution in [0.15, 0.2) is 29.2 Å².